The van der Waals surface area contributed by atoms with Crippen LogP contribution in [-0.2, 0) is 10.0 Å². The van der Waals surface area contributed by atoms with Gasteiger partial charge < -0.3 is 10.4 Å². The molecule has 0 spiro atoms. The van der Waals surface area contributed by atoms with Gasteiger partial charge in [0, 0.05) is 11.5 Å². The van der Waals surface area contributed by atoms with Crippen LogP contribution in [0.1, 0.15) is 34.7 Å². The fourth-order valence-corrected chi connectivity index (χ4v) is 4.26. The van der Waals surface area contributed by atoms with Crippen molar-refractivity contribution in [3.05, 3.63) is 51.7 Å². The van der Waals surface area contributed by atoms with Gasteiger partial charge in [0.2, 0.25) is 0 Å². The fourth-order valence-electron chi connectivity index (χ4n) is 2.58. The van der Waals surface area contributed by atoms with E-state index in [1.165, 1.54) is 37.4 Å². The summed E-state index contributed by atoms with van der Waals surface area (Å²) >= 11 is 3.14. The van der Waals surface area contributed by atoms with Gasteiger partial charge in [-0.2, -0.15) is 0 Å². The Balaban J connectivity index is 2.07. The van der Waals surface area contributed by atoms with E-state index >= 15 is 0 Å². The number of phenolic OH excluding ortho intramolecular Hbond substituents is 1. The van der Waals surface area contributed by atoms with E-state index in [1.807, 2.05) is 0 Å². The van der Waals surface area contributed by atoms with Crippen LogP contribution < -0.4 is 10.0 Å². The van der Waals surface area contributed by atoms with E-state index in [0.29, 0.717) is 10.0 Å². The van der Waals surface area contributed by atoms with Crippen molar-refractivity contribution in [1.82, 2.24) is 5.32 Å². The number of phenols is 1. The van der Waals surface area contributed by atoms with E-state index in [2.05, 4.69) is 26.0 Å². The summed E-state index contributed by atoms with van der Waals surface area (Å²) in [6.45, 7) is 0. The molecule has 3 rings (SSSR count). The lowest BCUT2D eigenvalue weighted by atomic mass is 10.0. The topological polar surface area (TPSA) is 95.5 Å². The Kier molecular flexibility index (Phi) is 4.94. The van der Waals surface area contributed by atoms with Crippen LogP contribution in [0.15, 0.2) is 39.7 Å². The summed E-state index contributed by atoms with van der Waals surface area (Å²) in [6.07, 6.45) is 1.80. The largest absolute Gasteiger partial charge is 0.507 e. The highest BCUT2D eigenvalue weighted by Gasteiger charge is 2.29. The Hall–Kier alpha value is -2.13. The first-order valence-corrected chi connectivity index (χ1v) is 10.1. The van der Waals surface area contributed by atoms with Crippen LogP contribution in [0, 0.1) is 5.82 Å². The summed E-state index contributed by atoms with van der Waals surface area (Å²) in [5, 5.41) is 12.2. The van der Waals surface area contributed by atoms with Crippen LogP contribution in [-0.4, -0.2) is 26.5 Å². The number of hydrogen-bond donors (Lipinski definition) is 3. The van der Waals surface area contributed by atoms with Gasteiger partial charge in [-0.05, 0) is 54.7 Å². The standard InChI is InChI=1S/C17H16BrFN2O4S/c1-20-17(23)12-6-10(9-2-3-9)7-13(16(12)19)21-26(24,25)15-8-11(18)4-5-14(15)22/h4-9,21-22H,2-3H2,1H3,(H,20,23). The van der Waals surface area contributed by atoms with Crippen molar-refractivity contribution in [2.75, 3.05) is 11.8 Å². The van der Waals surface area contributed by atoms with Gasteiger partial charge in [0.15, 0.2) is 5.82 Å². The second-order valence-corrected chi connectivity index (χ2v) is 8.57. The summed E-state index contributed by atoms with van der Waals surface area (Å²) < 4.78 is 42.6. The Labute approximate surface area is 158 Å². The van der Waals surface area contributed by atoms with E-state index < -0.39 is 32.4 Å². The van der Waals surface area contributed by atoms with E-state index in [1.54, 1.807) is 0 Å². The zero-order chi connectivity index (χ0) is 19.1. The van der Waals surface area contributed by atoms with E-state index in [0.717, 1.165) is 12.8 Å². The van der Waals surface area contributed by atoms with Crippen LogP contribution in [0.5, 0.6) is 5.75 Å². The van der Waals surface area contributed by atoms with Gasteiger partial charge in [0.1, 0.15) is 10.6 Å². The maximum atomic E-state index is 14.7. The molecule has 1 fully saturated rings. The van der Waals surface area contributed by atoms with Crippen molar-refractivity contribution in [3.63, 3.8) is 0 Å². The molecule has 6 nitrogen and oxygen atoms in total. The second kappa shape index (κ2) is 6.88. The van der Waals surface area contributed by atoms with Gasteiger partial charge in [0.05, 0.1) is 11.3 Å². The molecule has 2 aromatic carbocycles. The quantitative estimate of drug-likeness (QED) is 0.661. The zero-order valence-electron chi connectivity index (χ0n) is 13.7. The molecule has 2 aromatic rings. The Morgan fingerprint density at radius 2 is 1.96 bits per heavy atom. The maximum absolute atomic E-state index is 14.7. The average molecular weight is 443 g/mol. The van der Waals surface area contributed by atoms with E-state index in [4.69, 9.17) is 0 Å². The third-order valence-corrected chi connectivity index (χ3v) is 5.96. The number of halogens is 2. The number of sulfonamides is 1. The number of nitrogens with one attached hydrogen (secondary N) is 2. The number of carbonyl (C=O) groups is 1. The van der Waals surface area contributed by atoms with Crippen LogP contribution >= 0.6 is 15.9 Å². The Morgan fingerprint density at radius 1 is 1.27 bits per heavy atom. The van der Waals surface area contributed by atoms with E-state index in [9.17, 15) is 22.7 Å². The minimum Gasteiger partial charge on any atom is -0.507 e. The molecule has 0 radical (unpaired) electrons. The molecular weight excluding hydrogens is 427 g/mol. The van der Waals surface area contributed by atoms with Gasteiger partial charge in [-0.25, -0.2) is 12.8 Å². The smallest absolute Gasteiger partial charge is 0.265 e. The number of rotatable bonds is 5. The summed E-state index contributed by atoms with van der Waals surface area (Å²) in [6, 6.07) is 6.74. The average Bonchev–Trinajstić information content (AvgIpc) is 3.43. The first-order valence-electron chi connectivity index (χ1n) is 7.80. The predicted molar refractivity (Wildman–Crippen MR) is 98.4 cm³/mol. The van der Waals surface area contributed by atoms with Crippen molar-refractivity contribution in [2.24, 2.45) is 0 Å². The molecule has 0 saturated heterocycles. The molecule has 9 heteroatoms. The molecule has 0 atom stereocenters. The summed E-state index contributed by atoms with van der Waals surface area (Å²) in [5.41, 5.74) is 0.140. The highest BCUT2D eigenvalue weighted by Crippen LogP contribution is 2.42. The van der Waals surface area contributed by atoms with Gasteiger partial charge in [0.25, 0.3) is 15.9 Å². The number of carbonyl (C=O) groups excluding carboxylic acids is 1. The Bertz CT molecular complexity index is 990. The molecule has 0 aromatic heterocycles. The number of amides is 1. The van der Waals surface area contributed by atoms with Crippen LogP contribution in [0.2, 0.25) is 0 Å². The lowest BCUT2D eigenvalue weighted by Crippen LogP contribution is -2.21. The lowest BCUT2D eigenvalue weighted by Gasteiger charge is -2.14. The first-order chi connectivity index (χ1) is 12.2. The number of anilines is 1. The summed E-state index contributed by atoms with van der Waals surface area (Å²) in [5.74, 6) is -1.89. The molecule has 138 valence electrons. The summed E-state index contributed by atoms with van der Waals surface area (Å²) in [7, 11) is -2.89. The number of hydrogen-bond acceptors (Lipinski definition) is 4. The molecule has 0 heterocycles. The fraction of sp³-hybridized carbons (Fsp3) is 0.235. The van der Waals surface area contributed by atoms with Gasteiger partial charge in [-0.15, -0.1) is 0 Å². The zero-order valence-corrected chi connectivity index (χ0v) is 16.1. The molecule has 1 saturated carbocycles. The summed E-state index contributed by atoms with van der Waals surface area (Å²) in [4.78, 5) is 11.5. The molecular formula is C17H16BrFN2O4S. The molecule has 26 heavy (non-hydrogen) atoms. The molecule has 0 bridgehead atoms. The normalized spacial score (nSPS) is 14.1. The van der Waals surface area contributed by atoms with Crippen molar-refractivity contribution in [2.45, 2.75) is 23.7 Å². The molecule has 1 amide bonds. The molecule has 0 aliphatic heterocycles. The minimum absolute atomic E-state index is 0.182. The third-order valence-electron chi connectivity index (χ3n) is 4.07. The highest BCUT2D eigenvalue weighted by molar-refractivity contribution is 9.10. The molecule has 1 aliphatic carbocycles. The Morgan fingerprint density at radius 3 is 2.58 bits per heavy atom. The molecule has 1 aliphatic rings. The van der Waals surface area contributed by atoms with Gasteiger partial charge in [-0.1, -0.05) is 15.9 Å². The first kappa shape index (κ1) is 18.7. The van der Waals surface area contributed by atoms with Gasteiger partial charge in [-0.3, -0.25) is 9.52 Å². The second-order valence-electron chi connectivity index (χ2n) is 6.00. The lowest BCUT2D eigenvalue weighted by molar-refractivity contribution is 0.0959. The molecule has 3 N–H and O–H groups in total. The van der Waals surface area contributed by atoms with Crippen molar-refractivity contribution in [1.29, 1.82) is 0 Å². The number of benzene rings is 2. The van der Waals surface area contributed by atoms with Crippen molar-refractivity contribution in [3.8, 4) is 5.75 Å². The third kappa shape index (κ3) is 3.68. The SMILES string of the molecule is CNC(=O)c1cc(C2CC2)cc(NS(=O)(=O)c2cc(Br)ccc2O)c1F. The highest BCUT2D eigenvalue weighted by atomic mass is 79.9. The maximum Gasteiger partial charge on any atom is 0.265 e. The number of aromatic hydroxyl groups is 1. The predicted octanol–water partition coefficient (Wildman–Crippen LogP) is 3.33. The van der Waals surface area contributed by atoms with Gasteiger partial charge >= 0.3 is 0 Å². The van der Waals surface area contributed by atoms with E-state index in [-0.39, 0.29) is 17.2 Å². The van der Waals surface area contributed by atoms with Crippen molar-refractivity contribution >= 4 is 37.5 Å². The van der Waals surface area contributed by atoms with Crippen molar-refractivity contribution < 1.29 is 22.7 Å². The monoisotopic (exact) mass is 442 g/mol. The van der Waals surface area contributed by atoms with Crippen LogP contribution in [0.3, 0.4) is 0 Å². The molecule has 0 unspecified atom stereocenters. The van der Waals surface area contributed by atoms with Crippen LogP contribution in [0.4, 0.5) is 10.1 Å². The van der Waals surface area contributed by atoms with Crippen LogP contribution in [0.25, 0.3) is 0 Å². The minimum atomic E-state index is -4.26.